The molecular weight excluding hydrogens is 434 g/mol. The second kappa shape index (κ2) is 9.34. The Morgan fingerprint density at radius 2 is 1.77 bits per heavy atom. The predicted octanol–water partition coefficient (Wildman–Crippen LogP) is 2.69. The molecule has 1 fully saturated rings. The molecule has 0 bridgehead atoms. The molecule has 4 rings (SSSR count). The number of amides is 1. The van der Waals surface area contributed by atoms with Crippen LogP contribution in [0.4, 0.5) is 0 Å². The van der Waals surface area contributed by atoms with Crippen LogP contribution in [0.1, 0.15) is 21.5 Å². The van der Waals surface area contributed by atoms with Gasteiger partial charge in [0.05, 0.1) is 5.52 Å². The lowest BCUT2D eigenvalue weighted by molar-refractivity contribution is 0.0949. The summed E-state index contributed by atoms with van der Waals surface area (Å²) < 4.78 is 13.4. The molecule has 162 valence electrons. The molecule has 0 unspecified atom stereocenters. The topological polar surface area (TPSA) is 71.4 Å². The molecule has 31 heavy (non-hydrogen) atoms. The van der Waals surface area contributed by atoms with Gasteiger partial charge in [-0.2, -0.15) is 0 Å². The zero-order valence-electron chi connectivity index (χ0n) is 17.3. The van der Waals surface area contributed by atoms with Gasteiger partial charge in [-0.15, -0.1) is 0 Å². The molecule has 8 heteroatoms. The van der Waals surface area contributed by atoms with Crippen molar-refractivity contribution in [3.8, 4) is 0 Å². The Labute approximate surface area is 188 Å². The zero-order valence-corrected chi connectivity index (χ0v) is 18.8. The highest BCUT2D eigenvalue weighted by Crippen LogP contribution is 2.16. The maximum atomic E-state index is 13.1. The Bertz CT molecular complexity index is 1200. The third-order valence-corrected chi connectivity index (χ3v) is 7.07. The van der Waals surface area contributed by atoms with E-state index < -0.39 is 16.7 Å². The van der Waals surface area contributed by atoms with Crippen molar-refractivity contribution in [2.24, 2.45) is 7.05 Å². The first-order chi connectivity index (χ1) is 14.9. The first-order valence-corrected chi connectivity index (χ1v) is 12.0. The normalized spacial score (nSPS) is 15.3. The monoisotopic (exact) mass is 457 g/mol. The van der Waals surface area contributed by atoms with Crippen molar-refractivity contribution in [1.82, 2.24) is 14.8 Å². The second-order valence-corrected chi connectivity index (χ2v) is 9.90. The summed E-state index contributed by atoms with van der Waals surface area (Å²) in [6.07, 6.45) is 1.58. The quantitative estimate of drug-likeness (QED) is 0.639. The maximum absolute atomic E-state index is 13.1. The fourth-order valence-electron chi connectivity index (χ4n) is 3.77. The standard InChI is InChI=1S/C23H24ClN3O3S/c1-26-15-20(23(29)25-13-16-2-5-18(24)6-3-16)22(28)19-12-17(4-7-21(19)26)14-27-8-10-31(30)11-9-27/h2-7,12,15H,8-11,13-14H2,1H3,(H,25,29). The molecule has 0 radical (unpaired) electrons. The summed E-state index contributed by atoms with van der Waals surface area (Å²) in [5.41, 5.74) is 2.54. The minimum atomic E-state index is -0.720. The van der Waals surface area contributed by atoms with Gasteiger partial charge in [-0.05, 0) is 35.4 Å². The second-order valence-electron chi connectivity index (χ2n) is 7.77. The molecule has 1 saturated heterocycles. The Balaban J connectivity index is 1.56. The molecule has 0 spiro atoms. The van der Waals surface area contributed by atoms with Crippen molar-refractivity contribution in [1.29, 1.82) is 0 Å². The van der Waals surface area contributed by atoms with Gasteiger partial charge in [0.15, 0.2) is 0 Å². The number of pyridine rings is 1. The average molecular weight is 458 g/mol. The molecule has 0 saturated carbocycles. The molecule has 1 aromatic heterocycles. The third kappa shape index (κ3) is 5.06. The number of benzene rings is 2. The number of fused-ring (bicyclic) bond motifs is 1. The Morgan fingerprint density at radius 3 is 2.48 bits per heavy atom. The van der Waals surface area contributed by atoms with Gasteiger partial charge in [0.25, 0.3) is 5.91 Å². The van der Waals surface area contributed by atoms with Gasteiger partial charge in [0.2, 0.25) is 5.43 Å². The highest BCUT2D eigenvalue weighted by atomic mass is 35.5. The van der Waals surface area contributed by atoms with Gasteiger partial charge in [-0.1, -0.05) is 29.8 Å². The van der Waals surface area contributed by atoms with E-state index >= 15 is 0 Å². The SMILES string of the molecule is Cn1cc(C(=O)NCc2ccc(Cl)cc2)c(=O)c2cc(CN3CCS(=O)CC3)ccc21. The fourth-order valence-corrected chi connectivity index (χ4v) is 5.03. The van der Waals surface area contributed by atoms with Crippen molar-refractivity contribution in [3.05, 3.63) is 80.6 Å². The molecule has 1 amide bonds. The van der Waals surface area contributed by atoms with Crippen molar-refractivity contribution in [2.75, 3.05) is 24.6 Å². The van der Waals surface area contributed by atoms with Crippen LogP contribution in [0.5, 0.6) is 0 Å². The van der Waals surface area contributed by atoms with Crippen molar-refractivity contribution < 1.29 is 9.00 Å². The first-order valence-electron chi connectivity index (χ1n) is 10.1. The number of hydrogen-bond acceptors (Lipinski definition) is 4. The molecule has 2 heterocycles. The van der Waals surface area contributed by atoms with Crippen LogP contribution in [0.15, 0.2) is 53.5 Å². The van der Waals surface area contributed by atoms with E-state index in [4.69, 9.17) is 11.6 Å². The number of nitrogens with one attached hydrogen (secondary N) is 1. The van der Waals surface area contributed by atoms with Crippen molar-refractivity contribution in [2.45, 2.75) is 13.1 Å². The number of carbonyl (C=O) groups is 1. The first kappa shape index (κ1) is 21.7. The maximum Gasteiger partial charge on any atom is 0.257 e. The summed E-state index contributed by atoms with van der Waals surface area (Å²) in [4.78, 5) is 28.1. The third-order valence-electron chi connectivity index (χ3n) is 5.54. The average Bonchev–Trinajstić information content (AvgIpc) is 2.77. The lowest BCUT2D eigenvalue weighted by Gasteiger charge is -2.26. The van der Waals surface area contributed by atoms with Crippen molar-refractivity contribution in [3.63, 3.8) is 0 Å². The van der Waals surface area contributed by atoms with Crippen LogP contribution in [0, 0.1) is 0 Å². The molecule has 2 aromatic carbocycles. The van der Waals surface area contributed by atoms with Gasteiger partial charge in [-0.3, -0.25) is 18.7 Å². The summed E-state index contributed by atoms with van der Waals surface area (Å²) >= 11 is 5.90. The van der Waals surface area contributed by atoms with Crippen LogP contribution in [0.25, 0.3) is 10.9 Å². The molecule has 0 atom stereocenters. The number of carbonyl (C=O) groups excluding carboxylic acids is 1. The number of rotatable bonds is 5. The van der Waals surface area contributed by atoms with Gasteiger partial charge < -0.3 is 9.88 Å². The minimum Gasteiger partial charge on any atom is -0.350 e. The van der Waals surface area contributed by atoms with E-state index in [1.807, 2.05) is 41.9 Å². The summed E-state index contributed by atoms with van der Waals surface area (Å²) in [5, 5.41) is 3.98. The smallest absolute Gasteiger partial charge is 0.257 e. The molecule has 1 aliphatic rings. The van der Waals surface area contributed by atoms with E-state index in [2.05, 4.69) is 10.2 Å². The summed E-state index contributed by atoms with van der Waals surface area (Å²) in [6.45, 7) is 2.59. The molecular formula is C23H24ClN3O3S. The molecule has 6 nitrogen and oxygen atoms in total. The number of hydrogen-bond donors (Lipinski definition) is 1. The lowest BCUT2D eigenvalue weighted by atomic mass is 10.1. The van der Waals surface area contributed by atoms with Crippen molar-refractivity contribution >= 4 is 39.2 Å². The van der Waals surface area contributed by atoms with Gasteiger partial charge in [0.1, 0.15) is 5.56 Å². The molecule has 1 aliphatic heterocycles. The van der Waals surface area contributed by atoms with Gasteiger partial charge in [0, 0.05) is 72.1 Å². The van der Waals surface area contributed by atoms with Crippen LogP contribution in [-0.2, 0) is 30.9 Å². The van der Waals surface area contributed by atoms with E-state index in [9.17, 15) is 13.8 Å². The summed E-state index contributed by atoms with van der Waals surface area (Å²) in [5.74, 6) is 0.974. The van der Waals surface area contributed by atoms with Crippen LogP contribution in [-0.4, -0.2) is 44.2 Å². The van der Waals surface area contributed by atoms with Crippen LogP contribution in [0.2, 0.25) is 5.02 Å². The minimum absolute atomic E-state index is 0.120. The number of nitrogens with zero attached hydrogens (tertiary/aromatic N) is 2. The molecule has 1 N–H and O–H groups in total. The number of halogens is 1. The highest BCUT2D eigenvalue weighted by molar-refractivity contribution is 7.85. The Kier molecular flexibility index (Phi) is 6.55. The highest BCUT2D eigenvalue weighted by Gasteiger charge is 2.17. The lowest BCUT2D eigenvalue weighted by Crippen LogP contribution is -2.37. The molecule has 0 aliphatic carbocycles. The largest absolute Gasteiger partial charge is 0.350 e. The van der Waals surface area contributed by atoms with E-state index in [-0.39, 0.29) is 11.0 Å². The van der Waals surface area contributed by atoms with E-state index in [1.54, 1.807) is 18.3 Å². The number of aromatic nitrogens is 1. The van der Waals surface area contributed by atoms with Gasteiger partial charge in [-0.25, -0.2) is 0 Å². The van der Waals surface area contributed by atoms with E-state index in [0.717, 1.165) is 29.7 Å². The summed E-state index contributed by atoms with van der Waals surface area (Å²) in [6, 6.07) is 13.0. The summed E-state index contributed by atoms with van der Waals surface area (Å²) in [7, 11) is 1.11. The van der Waals surface area contributed by atoms with Crippen LogP contribution in [0.3, 0.4) is 0 Å². The van der Waals surface area contributed by atoms with Crippen LogP contribution >= 0.6 is 11.6 Å². The molecule has 3 aromatic rings. The number of aryl methyl sites for hydroxylation is 1. The fraction of sp³-hybridized carbons (Fsp3) is 0.304. The zero-order chi connectivity index (χ0) is 22.0. The predicted molar refractivity (Wildman–Crippen MR) is 125 cm³/mol. The Morgan fingerprint density at radius 1 is 1.10 bits per heavy atom. The van der Waals surface area contributed by atoms with Crippen LogP contribution < -0.4 is 10.7 Å². The van der Waals surface area contributed by atoms with Gasteiger partial charge >= 0.3 is 0 Å². The Hall–Kier alpha value is -2.48. The van der Waals surface area contributed by atoms with E-state index in [0.29, 0.717) is 35.0 Å². The van der Waals surface area contributed by atoms with E-state index in [1.165, 1.54) is 0 Å².